The minimum atomic E-state index is 0.894. The van der Waals surface area contributed by atoms with Crippen LogP contribution in [-0.4, -0.2) is 18.9 Å². The van der Waals surface area contributed by atoms with E-state index in [1.54, 1.807) is 0 Å². The fraction of sp³-hybridized carbons (Fsp3) is 0. The highest BCUT2D eigenvalue weighted by molar-refractivity contribution is 6.23. The summed E-state index contributed by atoms with van der Waals surface area (Å²) >= 11 is 0. The van der Waals surface area contributed by atoms with Crippen LogP contribution in [0.5, 0.6) is 0 Å². The topological polar surface area (TPSA) is 35.1 Å². The molecule has 0 saturated carbocycles. The number of hydrogen-bond donors (Lipinski definition) is 0. The second-order valence-corrected chi connectivity index (χ2v) is 12.7. The molecular formula is C44H26N4. The third-order valence-corrected chi connectivity index (χ3v) is 10.0. The van der Waals surface area contributed by atoms with Gasteiger partial charge in [0.05, 0.1) is 33.1 Å². The Morgan fingerprint density at radius 2 is 1.02 bits per heavy atom. The van der Waals surface area contributed by atoms with Crippen molar-refractivity contribution in [2.45, 2.75) is 0 Å². The van der Waals surface area contributed by atoms with Crippen LogP contribution in [0.1, 0.15) is 0 Å². The highest BCUT2D eigenvalue weighted by Crippen LogP contribution is 2.42. The van der Waals surface area contributed by atoms with Gasteiger partial charge < -0.3 is 4.57 Å². The number of aromatic nitrogens is 4. The van der Waals surface area contributed by atoms with Gasteiger partial charge in [-0.1, -0.05) is 103 Å². The van der Waals surface area contributed by atoms with E-state index in [-0.39, 0.29) is 0 Å². The van der Waals surface area contributed by atoms with Gasteiger partial charge in [0.1, 0.15) is 5.52 Å². The Morgan fingerprint density at radius 3 is 1.85 bits per heavy atom. The Balaban J connectivity index is 1.20. The lowest BCUT2D eigenvalue weighted by molar-refractivity contribution is 1.18. The Hall–Kier alpha value is -6.52. The van der Waals surface area contributed by atoms with Crippen LogP contribution in [0.2, 0.25) is 0 Å². The Kier molecular flexibility index (Phi) is 5.08. The quantitative estimate of drug-likeness (QED) is 0.199. The molecule has 4 aromatic heterocycles. The molecule has 0 unspecified atom stereocenters. The molecule has 4 heteroatoms. The van der Waals surface area contributed by atoms with Crippen molar-refractivity contribution < 1.29 is 0 Å². The molecule has 7 aromatic carbocycles. The number of fused-ring (bicyclic) bond motifs is 10. The van der Waals surface area contributed by atoms with E-state index in [1.165, 1.54) is 54.8 Å². The predicted octanol–water partition coefficient (Wildman–Crippen LogP) is 11.2. The molecule has 48 heavy (non-hydrogen) atoms. The first-order valence-corrected chi connectivity index (χ1v) is 16.3. The van der Waals surface area contributed by atoms with E-state index in [0.717, 1.165) is 44.4 Å². The Labute approximate surface area is 275 Å². The van der Waals surface area contributed by atoms with Gasteiger partial charge in [-0.15, -0.1) is 0 Å². The summed E-state index contributed by atoms with van der Waals surface area (Å²) in [5, 5.41) is 6.07. The Bertz CT molecular complexity index is 3040. The zero-order valence-electron chi connectivity index (χ0n) is 25.8. The molecule has 0 fully saturated rings. The first-order valence-electron chi connectivity index (χ1n) is 16.3. The van der Waals surface area contributed by atoms with E-state index >= 15 is 0 Å². The monoisotopic (exact) mass is 610 g/mol. The molecule has 0 atom stereocenters. The lowest BCUT2D eigenvalue weighted by atomic mass is 9.99. The fourth-order valence-corrected chi connectivity index (χ4v) is 7.86. The standard InChI is InChI=1S/C44H26N4/c1-3-11-27(12-4-1)28-20-22-37-38(25-28)46-44-42(45-37)36-24-30(23-35-33-16-8-10-18-40(33)48(44)43(35)36)29-19-21-34-32-15-7-9-17-39(32)47(41(34)26-29)31-13-5-2-6-14-31/h1-26H. The van der Waals surface area contributed by atoms with Crippen LogP contribution < -0.4 is 0 Å². The van der Waals surface area contributed by atoms with Gasteiger partial charge in [-0.05, 0) is 76.9 Å². The van der Waals surface area contributed by atoms with Crippen molar-refractivity contribution in [3.05, 3.63) is 158 Å². The zero-order chi connectivity index (χ0) is 31.3. The maximum atomic E-state index is 5.31. The summed E-state index contributed by atoms with van der Waals surface area (Å²) in [7, 11) is 0. The summed E-state index contributed by atoms with van der Waals surface area (Å²) in [6, 6.07) is 56.5. The number of rotatable bonds is 3. The van der Waals surface area contributed by atoms with Crippen LogP contribution in [0.4, 0.5) is 0 Å². The van der Waals surface area contributed by atoms with E-state index in [9.17, 15) is 0 Å². The second-order valence-electron chi connectivity index (χ2n) is 12.7. The van der Waals surface area contributed by atoms with Crippen molar-refractivity contribution in [2.75, 3.05) is 0 Å². The zero-order valence-corrected chi connectivity index (χ0v) is 25.8. The van der Waals surface area contributed by atoms with Crippen LogP contribution in [0.25, 0.3) is 99.1 Å². The molecular weight excluding hydrogens is 585 g/mol. The SMILES string of the molecule is c1ccc(-c2ccc3nc4c5cc(-c6ccc7c8ccccc8n(-c8ccccc8)c7c6)cc6c7ccccc7n(c4nc3c2)c65)cc1. The molecule has 0 N–H and O–H groups in total. The lowest BCUT2D eigenvalue weighted by Crippen LogP contribution is -1.93. The van der Waals surface area contributed by atoms with Gasteiger partial charge in [-0.2, -0.15) is 0 Å². The third kappa shape index (κ3) is 3.49. The molecule has 0 aliphatic carbocycles. The highest BCUT2D eigenvalue weighted by atomic mass is 15.0. The molecule has 0 spiro atoms. The molecule has 0 saturated heterocycles. The molecule has 0 aliphatic rings. The summed E-state index contributed by atoms with van der Waals surface area (Å²) in [5.74, 6) is 0. The smallest absolute Gasteiger partial charge is 0.165 e. The van der Waals surface area contributed by atoms with Crippen LogP contribution in [-0.2, 0) is 0 Å². The molecule has 0 radical (unpaired) electrons. The number of hydrogen-bond acceptors (Lipinski definition) is 2. The Morgan fingerprint density at radius 1 is 0.375 bits per heavy atom. The van der Waals surface area contributed by atoms with Crippen LogP contribution in [0.15, 0.2) is 158 Å². The van der Waals surface area contributed by atoms with Crippen LogP contribution in [0.3, 0.4) is 0 Å². The van der Waals surface area contributed by atoms with Crippen LogP contribution in [0, 0.1) is 0 Å². The summed E-state index contributed by atoms with van der Waals surface area (Å²) in [6.07, 6.45) is 0. The van der Waals surface area contributed by atoms with E-state index < -0.39 is 0 Å². The first kappa shape index (κ1) is 25.6. The van der Waals surface area contributed by atoms with Gasteiger partial charge in [0.2, 0.25) is 0 Å². The summed E-state index contributed by atoms with van der Waals surface area (Å²) in [6.45, 7) is 0. The fourth-order valence-electron chi connectivity index (χ4n) is 7.86. The van der Waals surface area contributed by atoms with E-state index in [1.807, 2.05) is 6.07 Å². The largest absolute Gasteiger partial charge is 0.309 e. The summed E-state index contributed by atoms with van der Waals surface area (Å²) < 4.78 is 4.70. The van der Waals surface area contributed by atoms with Gasteiger partial charge in [0.15, 0.2) is 5.65 Å². The molecule has 11 aromatic rings. The van der Waals surface area contributed by atoms with Crippen LogP contribution >= 0.6 is 0 Å². The van der Waals surface area contributed by atoms with E-state index in [4.69, 9.17) is 9.97 Å². The minimum absolute atomic E-state index is 0.894. The maximum Gasteiger partial charge on any atom is 0.165 e. The molecule has 0 bridgehead atoms. The van der Waals surface area contributed by atoms with Gasteiger partial charge in [-0.25, -0.2) is 9.97 Å². The molecule has 0 aliphatic heterocycles. The molecule has 4 nitrogen and oxygen atoms in total. The van der Waals surface area contributed by atoms with Crippen molar-refractivity contribution in [1.82, 2.24) is 18.9 Å². The summed E-state index contributed by atoms with van der Waals surface area (Å²) in [5.41, 5.74) is 14.2. The van der Waals surface area contributed by atoms with Gasteiger partial charge in [-0.3, -0.25) is 4.40 Å². The second kappa shape index (κ2) is 9.50. The molecule has 11 rings (SSSR count). The van der Waals surface area contributed by atoms with Crippen molar-refractivity contribution >= 4 is 71.2 Å². The lowest BCUT2D eigenvalue weighted by Gasteiger charge is -2.09. The van der Waals surface area contributed by atoms with Crippen molar-refractivity contribution in [1.29, 1.82) is 0 Å². The first-order chi connectivity index (χ1) is 23.8. The number of para-hydroxylation sites is 3. The normalized spacial score (nSPS) is 12.2. The van der Waals surface area contributed by atoms with Crippen molar-refractivity contribution in [3.63, 3.8) is 0 Å². The van der Waals surface area contributed by atoms with Crippen molar-refractivity contribution in [3.8, 4) is 27.9 Å². The summed E-state index contributed by atoms with van der Waals surface area (Å²) in [4.78, 5) is 10.6. The average Bonchev–Trinajstić information content (AvgIpc) is 3.78. The highest BCUT2D eigenvalue weighted by Gasteiger charge is 2.22. The van der Waals surface area contributed by atoms with Crippen molar-refractivity contribution in [2.24, 2.45) is 0 Å². The predicted molar refractivity (Wildman–Crippen MR) is 199 cm³/mol. The van der Waals surface area contributed by atoms with E-state index in [0.29, 0.717) is 0 Å². The van der Waals surface area contributed by atoms with Gasteiger partial charge in [0.25, 0.3) is 0 Å². The number of nitrogens with zero attached hydrogens (tertiary/aromatic N) is 4. The van der Waals surface area contributed by atoms with E-state index in [2.05, 4.69) is 161 Å². The van der Waals surface area contributed by atoms with Gasteiger partial charge in [0, 0.05) is 32.6 Å². The van der Waals surface area contributed by atoms with Gasteiger partial charge >= 0.3 is 0 Å². The molecule has 0 amide bonds. The number of benzene rings is 7. The third-order valence-electron chi connectivity index (χ3n) is 10.0. The minimum Gasteiger partial charge on any atom is -0.309 e. The molecule has 4 heterocycles. The maximum absolute atomic E-state index is 5.31. The molecule has 222 valence electrons. The average molecular weight is 611 g/mol.